The lowest BCUT2D eigenvalue weighted by molar-refractivity contribution is 0.0938. The number of nitrogens with zero attached hydrogens (tertiary/aromatic N) is 1. The van der Waals surface area contributed by atoms with Gasteiger partial charge in [-0.1, -0.05) is 24.9 Å². The van der Waals surface area contributed by atoms with E-state index in [2.05, 4.69) is 17.2 Å². The maximum Gasteiger partial charge on any atom is 0.251 e. The molecule has 2 unspecified atom stereocenters. The molecule has 0 bridgehead atoms. The molecule has 1 fully saturated rings. The molecule has 1 saturated carbocycles. The third kappa shape index (κ3) is 3.86. The van der Waals surface area contributed by atoms with Crippen molar-refractivity contribution in [3.63, 3.8) is 0 Å². The van der Waals surface area contributed by atoms with E-state index in [0.717, 1.165) is 17.9 Å². The molecule has 1 heterocycles. The minimum Gasteiger partial charge on any atom is -0.348 e. The minimum atomic E-state index is -0.0407. The van der Waals surface area contributed by atoms with Gasteiger partial charge in [0.25, 0.3) is 5.91 Å². The van der Waals surface area contributed by atoms with Gasteiger partial charge in [-0.3, -0.25) is 4.79 Å². The zero-order valence-electron chi connectivity index (χ0n) is 11.3. The summed E-state index contributed by atoms with van der Waals surface area (Å²) < 4.78 is 0. The van der Waals surface area contributed by atoms with Crippen LogP contribution < -0.4 is 5.32 Å². The van der Waals surface area contributed by atoms with Crippen molar-refractivity contribution < 1.29 is 4.79 Å². The van der Waals surface area contributed by atoms with Crippen LogP contribution in [-0.2, 0) is 0 Å². The number of amides is 1. The number of carbonyl (C=O) groups excluding carboxylic acids is 1. The summed E-state index contributed by atoms with van der Waals surface area (Å²) >= 11 is 7.83. The zero-order valence-corrected chi connectivity index (χ0v) is 12.9. The van der Waals surface area contributed by atoms with E-state index in [1.54, 1.807) is 12.1 Å². The predicted octanol–water partition coefficient (Wildman–Crippen LogP) is 3.45. The molecule has 2 atom stereocenters. The van der Waals surface area contributed by atoms with Gasteiger partial charge in [0.15, 0.2) is 0 Å². The Morgan fingerprint density at radius 1 is 1.53 bits per heavy atom. The van der Waals surface area contributed by atoms with Crippen LogP contribution in [0, 0.1) is 6.92 Å². The molecule has 1 N–H and O–H groups in total. The van der Waals surface area contributed by atoms with Crippen LogP contribution >= 0.6 is 23.4 Å². The van der Waals surface area contributed by atoms with E-state index in [0.29, 0.717) is 16.0 Å². The third-order valence-corrected chi connectivity index (χ3v) is 4.85. The maximum absolute atomic E-state index is 12.2. The van der Waals surface area contributed by atoms with E-state index in [9.17, 15) is 4.79 Å². The smallest absolute Gasteiger partial charge is 0.251 e. The lowest BCUT2D eigenvalue weighted by Crippen LogP contribution is -2.38. The van der Waals surface area contributed by atoms with E-state index < -0.39 is 0 Å². The third-order valence-electron chi connectivity index (χ3n) is 3.33. The standard InChI is InChI=1S/C14H19ClN2OS/c1-3-19-12-6-4-5-11(12)17-14(18)10-7-9(2)16-13(15)8-10/h7-8,11-12H,3-6H2,1-2H3,(H,17,18). The molecule has 0 aliphatic heterocycles. The van der Waals surface area contributed by atoms with E-state index in [-0.39, 0.29) is 11.9 Å². The van der Waals surface area contributed by atoms with Crippen LogP contribution in [0.5, 0.6) is 0 Å². The maximum atomic E-state index is 12.2. The summed E-state index contributed by atoms with van der Waals surface area (Å²) in [6.45, 7) is 4.00. The van der Waals surface area contributed by atoms with Crippen LogP contribution in [0.2, 0.25) is 5.15 Å². The number of hydrogen-bond acceptors (Lipinski definition) is 3. The molecular weight excluding hydrogens is 280 g/mol. The first kappa shape index (κ1) is 14.7. The monoisotopic (exact) mass is 298 g/mol. The molecule has 1 aliphatic rings. The van der Waals surface area contributed by atoms with E-state index in [4.69, 9.17) is 11.6 Å². The quantitative estimate of drug-likeness (QED) is 0.866. The Bertz CT molecular complexity index is 447. The molecule has 0 saturated heterocycles. The van der Waals surface area contributed by atoms with Crippen molar-refractivity contribution in [1.82, 2.24) is 10.3 Å². The summed E-state index contributed by atoms with van der Waals surface area (Å²) in [6, 6.07) is 3.68. The number of aromatic nitrogens is 1. The van der Waals surface area contributed by atoms with Crippen LogP contribution in [-0.4, -0.2) is 27.9 Å². The van der Waals surface area contributed by atoms with E-state index in [1.165, 1.54) is 12.8 Å². The first-order valence-electron chi connectivity index (χ1n) is 6.67. The number of nitrogens with one attached hydrogen (secondary N) is 1. The van der Waals surface area contributed by atoms with Crippen molar-refractivity contribution in [2.45, 2.75) is 44.4 Å². The molecular formula is C14H19ClN2OS. The van der Waals surface area contributed by atoms with Crippen LogP contribution in [0.4, 0.5) is 0 Å². The number of hydrogen-bond donors (Lipinski definition) is 1. The van der Waals surface area contributed by atoms with Crippen LogP contribution in [0.25, 0.3) is 0 Å². The van der Waals surface area contributed by atoms with E-state index in [1.807, 2.05) is 18.7 Å². The van der Waals surface area contributed by atoms with Crippen LogP contribution in [0.1, 0.15) is 42.2 Å². The highest BCUT2D eigenvalue weighted by Crippen LogP contribution is 2.30. The molecule has 1 aromatic heterocycles. The summed E-state index contributed by atoms with van der Waals surface area (Å²) in [6.07, 6.45) is 3.46. The summed E-state index contributed by atoms with van der Waals surface area (Å²) in [5.41, 5.74) is 1.37. The summed E-state index contributed by atoms with van der Waals surface area (Å²) in [5.74, 6) is 1.05. The molecule has 5 heteroatoms. The van der Waals surface area contributed by atoms with Crippen molar-refractivity contribution >= 4 is 29.3 Å². The average molecular weight is 299 g/mol. The second kappa shape index (κ2) is 6.62. The van der Waals surface area contributed by atoms with Gasteiger partial charge in [-0.25, -0.2) is 4.98 Å². The lowest BCUT2D eigenvalue weighted by Gasteiger charge is -2.20. The van der Waals surface area contributed by atoms with Gasteiger partial charge in [-0.05, 0) is 37.7 Å². The Morgan fingerprint density at radius 2 is 2.32 bits per heavy atom. The van der Waals surface area contributed by atoms with Crippen LogP contribution in [0.15, 0.2) is 12.1 Å². The second-order valence-corrected chi connectivity index (χ2v) is 6.73. The Balaban J connectivity index is 2.04. The molecule has 1 aromatic rings. The number of rotatable bonds is 4. The highest BCUT2D eigenvalue weighted by atomic mass is 35.5. The lowest BCUT2D eigenvalue weighted by atomic mass is 10.2. The van der Waals surface area contributed by atoms with Gasteiger partial charge in [0, 0.05) is 22.5 Å². The SMILES string of the molecule is CCSC1CCCC1NC(=O)c1cc(C)nc(Cl)c1. The number of halogens is 1. The number of pyridine rings is 1. The van der Waals surface area contributed by atoms with Gasteiger partial charge >= 0.3 is 0 Å². The Labute approximate surface area is 123 Å². The van der Waals surface area contributed by atoms with E-state index >= 15 is 0 Å². The number of carbonyl (C=O) groups is 1. The topological polar surface area (TPSA) is 42.0 Å². The molecule has 19 heavy (non-hydrogen) atoms. The van der Waals surface area contributed by atoms with Crippen molar-refractivity contribution in [1.29, 1.82) is 0 Å². The Kier molecular flexibility index (Phi) is 5.11. The van der Waals surface area contributed by atoms with Gasteiger partial charge in [-0.15, -0.1) is 0 Å². The molecule has 2 rings (SSSR count). The first-order chi connectivity index (χ1) is 9.10. The number of thioether (sulfide) groups is 1. The van der Waals surface area contributed by atoms with Crippen molar-refractivity contribution in [3.8, 4) is 0 Å². The van der Waals surface area contributed by atoms with Crippen LogP contribution in [0.3, 0.4) is 0 Å². The van der Waals surface area contributed by atoms with Gasteiger partial charge in [0.2, 0.25) is 0 Å². The fourth-order valence-corrected chi connectivity index (χ4v) is 3.96. The molecule has 1 amide bonds. The fourth-order valence-electron chi connectivity index (χ4n) is 2.52. The average Bonchev–Trinajstić information content (AvgIpc) is 2.76. The predicted molar refractivity (Wildman–Crippen MR) is 81.0 cm³/mol. The number of aryl methyl sites for hydroxylation is 1. The van der Waals surface area contributed by atoms with Gasteiger partial charge in [0.05, 0.1) is 0 Å². The highest BCUT2D eigenvalue weighted by molar-refractivity contribution is 7.99. The van der Waals surface area contributed by atoms with Crippen molar-refractivity contribution in [3.05, 3.63) is 28.5 Å². The molecule has 3 nitrogen and oxygen atoms in total. The first-order valence-corrected chi connectivity index (χ1v) is 8.09. The fraction of sp³-hybridized carbons (Fsp3) is 0.571. The second-order valence-electron chi connectivity index (χ2n) is 4.82. The normalized spacial score (nSPS) is 22.5. The Morgan fingerprint density at radius 3 is 3.00 bits per heavy atom. The zero-order chi connectivity index (χ0) is 13.8. The summed E-state index contributed by atoms with van der Waals surface area (Å²) in [4.78, 5) is 16.3. The van der Waals surface area contributed by atoms with Crippen molar-refractivity contribution in [2.75, 3.05) is 5.75 Å². The van der Waals surface area contributed by atoms with Gasteiger partial charge in [0.1, 0.15) is 5.15 Å². The molecule has 1 aliphatic carbocycles. The Hall–Kier alpha value is -0.740. The van der Waals surface area contributed by atoms with Gasteiger partial charge < -0.3 is 5.32 Å². The summed E-state index contributed by atoms with van der Waals surface area (Å²) in [5, 5.41) is 4.06. The minimum absolute atomic E-state index is 0.0407. The molecule has 0 spiro atoms. The highest BCUT2D eigenvalue weighted by Gasteiger charge is 2.28. The molecule has 104 valence electrons. The van der Waals surface area contributed by atoms with Gasteiger partial charge in [-0.2, -0.15) is 11.8 Å². The molecule has 0 radical (unpaired) electrons. The van der Waals surface area contributed by atoms with Crippen molar-refractivity contribution in [2.24, 2.45) is 0 Å². The largest absolute Gasteiger partial charge is 0.348 e. The summed E-state index contributed by atoms with van der Waals surface area (Å²) in [7, 11) is 0. The molecule has 0 aromatic carbocycles.